The topological polar surface area (TPSA) is 140 Å². The van der Waals surface area contributed by atoms with Crippen LogP contribution in [0, 0.1) is 0 Å². The zero-order valence-corrected chi connectivity index (χ0v) is 17.0. The lowest BCUT2D eigenvalue weighted by Crippen LogP contribution is -2.41. The number of sulfonamides is 1. The number of halogens is 4. The molecule has 3 heterocycles. The maximum atomic E-state index is 12.7. The molecule has 0 radical (unpaired) electrons. The van der Waals surface area contributed by atoms with E-state index in [0.717, 1.165) is 19.2 Å². The first kappa shape index (κ1) is 22.4. The molecule has 3 rings (SSSR count). The van der Waals surface area contributed by atoms with E-state index in [1.165, 1.54) is 22.9 Å². The summed E-state index contributed by atoms with van der Waals surface area (Å²) < 4.78 is 63.6. The van der Waals surface area contributed by atoms with Crippen LogP contribution in [0.5, 0.6) is 0 Å². The molecule has 0 unspecified atom stereocenters. The van der Waals surface area contributed by atoms with Gasteiger partial charge in [0.05, 0.1) is 28.4 Å². The number of rotatable bonds is 5. The van der Waals surface area contributed by atoms with Crippen LogP contribution in [0.1, 0.15) is 6.92 Å². The third-order valence-corrected chi connectivity index (χ3v) is 5.70. The number of nitrogens with two attached hydrogens (primary N) is 1. The van der Waals surface area contributed by atoms with E-state index in [2.05, 4.69) is 14.8 Å². The van der Waals surface area contributed by atoms with Gasteiger partial charge in [0, 0.05) is 18.0 Å². The number of hydrogen-bond donors (Lipinski definition) is 2. The number of hydrogen-bond acceptors (Lipinski definition) is 7. The smallest absolute Gasteiger partial charge is 0.396 e. The fourth-order valence-corrected chi connectivity index (χ4v) is 3.61. The van der Waals surface area contributed by atoms with Gasteiger partial charge in [-0.25, -0.2) is 18.2 Å². The van der Waals surface area contributed by atoms with Crippen LogP contribution in [0.3, 0.4) is 0 Å². The largest absolute Gasteiger partial charge is 0.493 e. The van der Waals surface area contributed by atoms with Crippen LogP contribution in [-0.2, 0) is 19.7 Å². The van der Waals surface area contributed by atoms with Crippen molar-refractivity contribution >= 4 is 44.6 Å². The highest BCUT2D eigenvalue weighted by atomic mass is 35.5. The number of pyridine rings is 2. The van der Waals surface area contributed by atoms with Gasteiger partial charge in [0.1, 0.15) is 0 Å². The van der Waals surface area contributed by atoms with Gasteiger partial charge in [0.15, 0.2) is 11.3 Å². The molecule has 3 aromatic rings. The van der Waals surface area contributed by atoms with E-state index < -0.39 is 39.2 Å². The van der Waals surface area contributed by atoms with Crippen molar-refractivity contribution in [3.05, 3.63) is 46.1 Å². The molecule has 0 saturated heterocycles. The average molecular weight is 480 g/mol. The lowest BCUT2D eigenvalue weighted by molar-refractivity contribution is -0.199. The van der Waals surface area contributed by atoms with Crippen molar-refractivity contribution in [3.8, 4) is 11.3 Å². The van der Waals surface area contributed by atoms with Crippen molar-refractivity contribution in [2.75, 3.05) is 16.0 Å². The summed E-state index contributed by atoms with van der Waals surface area (Å²) in [7, 11) is -4.63. The third-order valence-electron chi connectivity index (χ3n) is 3.99. The summed E-state index contributed by atoms with van der Waals surface area (Å²) in [4.78, 5) is 33.9. The first-order valence-corrected chi connectivity index (χ1v) is 10.3. The van der Waals surface area contributed by atoms with E-state index in [4.69, 9.17) is 17.3 Å². The van der Waals surface area contributed by atoms with Crippen LogP contribution >= 0.6 is 11.6 Å². The first-order chi connectivity index (χ1) is 14.3. The van der Waals surface area contributed by atoms with Crippen LogP contribution in [0.2, 0.25) is 5.02 Å². The Labute approximate surface area is 177 Å². The Balaban J connectivity index is 2.19. The standard InChI is InChI=1S/C16H13ClF3N5O5S/c1-2-31(28,29)25(30-15(27)16(18,19)20)11-3-8(5-23-14(11)26)12-6-22-13-10(21)4-9(17)7-24(12)13/h3-7H,2,21H2,1H3,(H,23,26). The maximum Gasteiger partial charge on any atom is 0.493 e. The van der Waals surface area contributed by atoms with Gasteiger partial charge < -0.3 is 15.6 Å². The Hall–Kier alpha value is -3.26. The summed E-state index contributed by atoms with van der Waals surface area (Å²) >= 11 is 5.99. The Bertz CT molecular complexity index is 1340. The number of carbonyl (C=O) groups excluding carboxylic acids is 1. The number of nitrogens with one attached hydrogen (secondary N) is 1. The number of aromatic amines is 1. The quantitative estimate of drug-likeness (QED) is 0.534. The summed E-state index contributed by atoms with van der Waals surface area (Å²) in [5.41, 5.74) is 4.73. The molecule has 166 valence electrons. The summed E-state index contributed by atoms with van der Waals surface area (Å²) in [6.07, 6.45) is -1.58. The molecule has 31 heavy (non-hydrogen) atoms. The van der Waals surface area contributed by atoms with Crippen LogP contribution in [-0.4, -0.2) is 40.7 Å². The molecular formula is C16H13ClF3N5O5S. The molecule has 0 amide bonds. The number of nitrogen functional groups attached to an aromatic ring is 1. The number of carbonyl (C=O) groups is 1. The molecule has 0 aromatic carbocycles. The Morgan fingerprint density at radius 2 is 2.06 bits per heavy atom. The summed E-state index contributed by atoms with van der Waals surface area (Å²) in [6.45, 7) is 1.09. The lowest BCUT2D eigenvalue weighted by atomic mass is 10.2. The zero-order valence-electron chi connectivity index (χ0n) is 15.5. The monoisotopic (exact) mass is 479 g/mol. The summed E-state index contributed by atoms with van der Waals surface area (Å²) in [5, 5.41) is 0.239. The van der Waals surface area contributed by atoms with Gasteiger partial charge in [-0.1, -0.05) is 16.1 Å². The zero-order chi connectivity index (χ0) is 23.1. The van der Waals surface area contributed by atoms with E-state index >= 15 is 0 Å². The van der Waals surface area contributed by atoms with Crippen molar-refractivity contribution < 1.29 is 31.2 Å². The molecule has 3 N–H and O–H groups in total. The summed E-state index contributed by atoms with van der Waals surface area (Å²) in [5.74, 6) is -3.58. The summed E-state index contributed by atoms with van der Waals surface area (Å²) in [6, 6.07) is 2.37. The number of anilines is 2. The van der Waals surface area contributed by atoms with E-state index in [-0.39, 0.29) is 32.1 Å². The highest BCUT2D eigenvalue weighted by molar-refractivity contribution is 7.92. The maximum absolute atomic E-state index is 12.7. The normalized spacial score (nSPS) is 12.2. The predicted octanol–water partition coefficient (Wildman–Crippen LogP) is 2.10. The number of fused-ring (bicyclic) bond motifs is 1. The van der Waals surface area contributed by atoms with Gasteiger partial charge in [-0.05, 0) is 19.1 Å². The Morgan fingerprint density at radius 3 is 2.68 bits per heavy atom. The number of nitrogens with zero attached hydrogens (tertiary/aromatic N) is 3. The second-order valence-electron chi connectivity index (χ2n) is 6.06. The number of imidazole rings is 1. The highest BCUT2D eigenvalue weighted by Crippen LogP contribution is 2.28. The molecular weight excluding hydrogens is 467 g/mol. The van der Waals surface area contributed by atoms with Crippen LogP contribution in [0.25, 0.3) is 16.9 Å². The van der Waals surface area contributed by atoms with Crippen molar-refractivity contribution in [3.63, 3.8) is 0 Å². The van der Waals surface area contributed by atoms with Crippen molar-refractivity contribution in [2.24, 2.45) is 0 Å². The van der Waals surface area contributed by atoms with Gasteiger partial charge in [0.2, 0.25) is 0 Å². The van der Waals surface area contributed by atoms with Crippen LogP contribution in [0.4, 0.5) is 24.5 Å². The second-order valence-corrected chi connectivity index (χ2v) is 8.57. The molecule has 0 aliphatic carbocycles. The van der Waals surface area contributed by atoms with Crippen molar-refractivity contribution in [1.29, 1.82) is 0 Å². The molecule has 10 nitrogen and oxygen atoms in total. The van der Waals surface area contributed by atoms with E-state index in [1.54, 1.807) is 0 Å². The molecule has 0 bridgehead atoms. The van der Waals surface area contributed by atoms with Crippen LogP contribution < -0.4 is 15.8 Å². The second kappa shape index (κ2) is 7.77. The fraction of sp³-hybridized carbons (Fsp3) is 0.188. The van der Waals surface area contributed by atoms with Gasteiger partial charge in [-0.3, -0.25) is 9.20 Å². The molecule has 0 atom stereocenters. The van der Waals surface area contributed by atoms with Gasteiger partial charge in [0.25, 0.3) is 15.6 Å². The minimum Gasteiger partial charge on any atom is -0.396 e. The Kier molecular flexibility index (Phi) is 5.62. The van der Waals surface area contributed by atoms with Gasteiger partial charge in [-0.2, -0.15) is 13.2 Å². The average Bonchev–Trinajstić information content (AvgIpc) is 3.10. The van der Waals surface area contributed by atoms with E-state index in [1.807, 2.05) is 0 Å². The highest BCUT2D eigenvalue weighted by Gasteiger charge is 2.45. The minimum atomic E-state index is -5.50. The number of alkyl halides is 3. The molecule has 15 heteroatoms. The van der Waals surface area contributed by atoms with Gasteiger partial charge >= 0.3 is 12.1 Å². The molecule has 3 aromatic heterocycles. The Morgan fingerprint density at radius 1 is 1.39 bits per heavy atom. The molecule has 0 aliphatic heterocycles. The van der Waals surface area contributed by atoms with Gasteiger partial charge in [-0.15, -0.1) is 0 Å². The lowest BCUT2D eigenvalue weighted by Gasteiger charge is -2.22. The van der Waals surface area contributed by atoms with E-state index in [0.29, 0.717) is 0 Å². The van der Waals surface area contributed by atoms with Crippen molar-refractivity contribution in [1.82, 2.24) is 14.4 Å². The molecule has 0 aliphatic rings. The number of aromatic nitrogens is 3. The van der Waals surface area contributed by atoms with E-state index in [9.17, 15) is 31.2 Å². The SMILES string of the molecule is CCS(=O)(=O)N(OC(=O)C(F)(F)F)c1cc(-c2cnc3c(N)cc(Cl)cn23)c[nH]c1=O. The predicted molar refractivity (Wildman–Crippen MR) is 105 cm³/mol. The minimum absolute atomic E-state index is 0.114. The third kappa shape index (κ3) is 4.29. The fourth-order valence-electron chi connectivity index (χ4n) is 2.55. The van der Waals surface area contributed by atoms with Crippen molar-refractivity contribution in [2.45, 2.75) is 13.1 Å². The molecule has 0 spiro atoms. The molecule has 0 fully saturated rings. The number of H-pyrrole nitrogens is 1. The molecule has 0 saturated carbocycles. The van der Waals surface area contributed by atoms with Crippen LogP contribution in [0.15, 0.2) is 35.5 Å². The first-order valence-electron chi connectivity index (χ1n) is 8.32.